The third kappa shape index (κ3) is 2.98. The Bertz CT molecular complexity index is 787. The van der Waals surface area contributed by atoms with Crippen LogP contribution in [0.4, 0.5) is 0 Å². The molecule has 0 amide bonds. The van der Waals surface area contributed by atoms with Gasteiger partial charge in [-0.05, 0) is 18.6 Å². The fourth-order valence-electron chi connectivity index (χ4n) is 3.12. The molecule has 3 aromatic rings. The molecule has 0 saturated carbocycles. The van der Waals surface area contributed by atoms with Gasteiger partial charge in [0.15, 0.2) is 0 Å². The molecule has 5 heteroatoms. The van der Waals surface area contributed by atoms with Crippen molar-refractivity contribution in [3.05, 3.63) is 48.9 Å². The van der Waals surface area contributed by atoms with Crippen LogP contribution in [0, 0.1) is 0 Å². The Morgan fingerprint density at radius 1 is 1.17 bits per heavy atom. The van der Waals surface area contributed by atoms with Crippen molar-refractivity contribution in [2.45, 2.75) is 19.1 Å². The maximum Gasteiger partial charge on any atom is 0.140 e. The topological polar surface area (TPSA) is 52.0 Å². The number of hydrogen-bond acceptors (Lipinski definition) is 4. The predicted molar refractivity (Wildman–Crippen MR) is 90.2 cm³/mol. The maximum atomic E-state index is 5.79. The monoisotopic (exact) mass is 308 g/mol. The number of aromatic nitrogens is 3. The minimum Gasteiger partial charge on any atom is -0.376 e. The normalized spacial score (nSPS) is 18.3. The highest BCUT2D eigenvalue weighted by molar-refractivity contribution is 5.92. The van der Waals surface area contributed by atoms with Crippen LogP contribution < -0.4 is 5.32 Å². The average Bonchev–Trinajstić information content (AvgIpc) is 3.09. The molecule has 0 radical (unpaired) electrons. The lowest BCUT2D eigenvalue weighted by Crippen LogP contribution is -2.38. The van der Waals surface area contributed by atoms with Crippen LogP contribution in [-0.4, -0.2) is 40.3 Å². The number of ether oxygens (including phenoxy) is 1. The Morgan fingerprint density at radius 3 is 3.09 bits per heavy atom. The van der Waals surface area contributed by atoms with Gasteiger partial charge in [-0.15, -0.1) is 0 Å². The van der Waals surface area contributed by atoms with E-state index in [-0.39, 0.29) is 6.10 Å². The summed E-state index contributed by atoms with van der Waals surface area (Å²) in [5.41, 5.74) is 2.13. The number of imidazole rings is 1. The highest BCUT2D eigenvalue weighted by Gasteiger charge is 2.15. The van der Waals surface area contributed by atoms with E-state index in [0.29, 0.717) is 0 Å². The zero-order valence-corrected chi connectivity index (χ0v) is 13.0. The first kappa shape index (κ1) is 14.4. The van der Waals surface area contributed by atoms with Gasteiger partial charge in [0, 0.05) is 49.2 Å². The molecule has 1 fully saturated rings. The second kappa shape index (κ2) is 6.48. The van der Waals surface area contributed by atoms with Gasteiger partial charge < -0.3 is 14.6 Å². The van der Waals surface area contributed by atoms with Crippen molar-refractivity contribution in [2.24, 2.45) is 0 Å². The van der Waals surface area contributed by atoms with Crippen molar-refractivity contribution in [3.63, 3.8) is 0 Å². The molecule has 5 nitrogen and oxygen atoms in total. The van der Waals surface area contributed by atoms with Crippen molar-refractivity contribution in [1.82, 2.24) is 19.9 Å². The van der Waals surface area contributed by atoms with Gasteiger partial charge >= 0.3 is 0 Å². The van der Waals surface area contributed by atoms with Crippen molar-refractivity contribution >= 4 is 10.9 Å². The number of nitrogens with one attached hydrogen (secondary N) is 1. The van der Waals surface area contributed by atoms with Crippen LogP contribution >= 0.6 is 0 Å². The van der Waals surface area contributed by atoms with Crippen molar-refractivity contribution < 1.29 is 4.74 Å². The minimum absolute atomic E-state index is 0.285. The third-order valence-corrected chi connectivity index (χ3v) is 4.30. The third-order valence-electron chi connectivity index (χ3n) is 4.30. The Kier molecular flexibility index (Phi) is 4.05. The van der Waals surface area contributed by atoms with E-state index in [4.69, 9.17) is 4.74 Å². The largest absolute Gasteiger partial charge is 0.376 e. The van der Waals surface area contributed by atoms with Gasteiger partial charge in [-0.1, -0.05) is 18.2 Å². The second-order valence-electron chi connectivity index (χ2n) is 5.81. The first-order valence-electron chi connectivity index (χ1n) is 8.09. The SMILES string of the molecule is c1cc(-c2nccn2CCC2CNCCO2)c2cccnc2c1. The molecule has 2 aromatic heterocycles. The lowest BCUT2D eigenvalue weighted by Gasteiger charge is -2.24. The van der Waals surface area contributed by atoms with Crippen molar-refractivity contribution in [3.8, 4) is 11.4 Å². The van der Waals surface area contributed by atoms with Gasteiger partial charge in [-0.2, -0.15) is 0 Å². The summed E-state index contributed by atoms with van der Waals surface area (Å²) in [5, 5.41) is 4.51. The Labute approximate surface area is 135 Å². The van der Waals surface area contributed by atoms with Gasteiger partial charge in [0.2, 0.25) is 0 Å². The molecular formula is C18H20N4O. The molecule has 118 valence electrons. The number of morpholine rings is 1. The number of aryl methyl sites for hydroxylation is 1. The van der Waals surface area contributed by atoms with Crippen LogP contribution in [0.25, 0.3) is 22.3 Å². The summed E-state index contributed by atoms with van der Waals surface area (Å²) in [6, 6.07) is 10.3. The van der Waals surface area contributed by atoms with E-state index in [2.05, 4.69) is 32.0 Å². The number of benzene rings is 1. The molecule has 3 heterocycles. The van der Waals surface area contributed by atoms with Crippen LogP contribution in [0.3, 0.4) is 0 Å². The van der Waals surface area contributed by atoms with Crippen LogP contribution in [-0.2, 0) is 11.3 Å². The number of nitrogens with zero attached hydrogens (tertiary/aromatic N) is 3. The van der Waals surface area contributed by atoms with Gasteiger partial charge in [-0.25, -0.2) is 4.98 Å². The predicted octanol–water partition coefficient (Wildman–Crippen LogP) is 2.48. The first-order valence-corrected chi connectivity index (χ1v) is 8.09. The quantitative estimate of drug-likeness (QED) is 0.804. The highest BCUT2D eigenvalue weighted by Crippen LogP contribution is 2.26. The van der Waals surface area contributed by atoms with E-state index in [0.717, 1.165) is 55.0 Å². The molecule has 1 atom stereocenters. The van der Waals surface area contributed by atoms with Gasteiger partial charge in [0.25, 0.3) is 0 Å². The molecule has 1 unspecified atom stereocenters. The number of fused-ring (bicyclic) bond motifs is 1. The van der Waals surface area contributed by atoms with Crippen LogP contribution in [0.5, 0.6) is 0 Å². The zero-order valence-electron chi connectivity index (χ0n) is 13.0. The summed E-state index contributed by atoms with van der Waals surface area (Å²) in [5.74, 6) is 0.993. The molecule has 23 heavy (non-hydrogen) atoms. The average molecular weight is 308 g/mol. The van der Waals surface area contributed by atoms with E-state index in [1.165, 1.54) is 0 Å². The van der Waals surface area contributed by atoms with E-state index in [1.54, 1.807) is 0 Å². The molecule has 1 aliphatic heterocycles. The van der Waals surface area contributed by atoms with E-state index in [1.807, 2.05) is 36.8 Å². The van der Waals surface area contributed by atoms with Gasteiger partial charge in [-0.3, -0.25) is 4.98 Å². The molecule has 0 bridgehead atoms. The summed E-state index contributed by atoms with van der Waals surface area (Å²) < 4.78 is 7.99. The second-order valence-corrected chi connectivity index (χ2v) is 5.81. The van der Waals surface area contributed by atoms with Gasteiger partial charge in [0.1, 0.15) is 5.82 Å². The molecule has 0 spiro atoms. The molecule has 0 aliphatic carbocycles. The number of rotatable bonds is 4. The smallest absolute Gasteiger partial charge is 0.140 e. The number of hydrogen-bond donors (Lipinski definition) is 1. The summed E-state index contributed by atoms with van der Waals surface area (Å²) >= 11 is 0. The lowest BCUT2D eigenvalue weighted by molar-refractivity contribution is 0.0211. The summed E-state index contributed by atoms with van der Waals surface area (Å²) in [6.45, 7) is 3.59. The van der Waals surface area contributed by atoms with E-state index in [9.17, 15) is 0 Å². The molecule has 4 rings (SSSR count). The van der Waals surface area contributed by atoms with Crippen LogP contribution in [0.2, 0.25) is 0 Å². The van der Waals surface area contributed by atoms with E-state index < -0.39 is 0 Å². The lowest BCUT2D eigenvalue weighted by atomic mass is 10.1. The van der Waals surface area contributed by atoms with Crippen molar-refractivity contribution in [1.29, 1.82) is 0 Å². The van der Waals surface area contributed by atoms with Crippen LogP contribution in [0.1, 0.15) is 6.42 Å². The standard InChI is InChI=1S/C18H20N4O/c1-3-16(15-4-2-7-20-17(15)5-1)18-21-8-11-22(18)10-6-14-13-19-9-12-23-14/h1-5,7-8,11,14,19H,6,9-10,12-13H2. The molecule has 1 aromatic carbocycles. The molecule has 1 saturated heterocycles. The Morgan fingerprint density at radius 2 is 2.17 bits per heavy atom. The van der Waals surface area contributed by atoms with Crippen LogP contribution in [0.15, 0.2) is 48.9 Å². The van der Waals surface area contributed by atoms with Crippen molar-refractivity contribution in [2.75, 3.05) is 19.7 Å². The summed E-state index contributed by atoms with van der Waals surface area (Å²) in [6.07, 6.45) is 7.00. The number of pyridine rings is 1. The molecule has 1 N–H and O–H groups in total. The first-order chi connectivity index (χ1) is 11.4. The minimum atomic E-state index is 0.285. The maximum absolute atomic E-state index is 5.79. The summed E-state index contributed by atoms with van der Waals surface area (Å²) in [7, 11) is 0. The fourth-order valence-corrected chi connectivity index (χ4v) is 3.12. The summed E-state index contributed by atoms with van der Waals surface area (Å²) in [4.78, 5) is 9.01. The molecular weight excluding hydrogens is 288 g/mol. The Hall–Kier alpha value is -2.24. The molecule has 1 aliphatic rings. The fraction of sp³-hybridized carbons (Fsp3) is 0.333. The van der Waals surface area contributed by atoms with E-state index >= 15 is 0 Å². The highest BCUT2D eigenvalue weighted by atomic mass is 16.5. The zero-order chi connectivity index (χ0) is 15.5. The van der Waals surface area contributed by atoms with Gasteiger partial charge in [0.05, 0.1) is 18.2 Å². The Balaban J connectivity index is 1.61.